The molecule has 10 heteroatoms. The van der Waals surface area contributed by atoms with Gasteiger partial charge < -0.3 is 29.8 Å². The number of oxime groups is 1. The molecule has 1 amide bonds. The van der Waals surface area contributed by atoms with E-state index in [9.17, 15) is 15.0 Å². The van der Waals surface area contributed by atoms with E-state index in [0.717, 1.165) is 6.21 Å². The highest BCUT2D eigenvalue weighted by Crippen LogP contribution is 2.43. The molecule has 2 heterocycles. The fourth-order valence-corrected chi connectivity index (χ4v) is 2.87. The van der Waals surface area contributed by atoms with Gasteiger partial charge in [0.2, 0.25) is 0 Å². The van der Waals surface area contributed by atoms with Crippen molar-refractivity contribution in [1.29, 1.82) is 0 Å². The summed E-state index contributed by atoms with van der Waals surface area (Å²) in [5.41, 5.74) is 1.10. The first-order valence-electron chi connectivity index (χ1n) is 8.85. The molecular formula is C19H20N4O6. The Hall–Kier alpha value is -3.82. The van der Waals surface area contributed by atoms with E-state index in [1.807, 2.05) is 13.8 Å². The lowest BCUT2D eigenvalue weighted by atomic mass is 9.95. The molecule has 152 valence electrons. The number of benzene rings is 1. The third kappa shape index (κ3) is 3.77. The molecule has 0 spiro atoms. The zero-order valence-corrected chi connectivity index (χ0v) is 16.0. The topological polar surface area (TPSA) is 154 Å². The van der Waals surface area contributed by atoms with E-state index in [1.54, 1.807) is 13.0 Å². The Bertz CT molecular complexity index is 1070. The van der Waals surface area contributed by atoms with Crippen molar-refractivity contribution >= 4 is 12.1 Å². The lowest BCUT2D eigenvalue weighted by molar-refractivity contribution is 0.0947. The maximum atomic E-state index is 12.5. The number of phenols is 2. The lowest BCUT2D eigenvalue weighted by Gasteiger charge is -2.11. The van der Waals surface area contributed by atoms with Crippen LogP contribution in [0.5, 0.6) is 11.5 Å². The van der Waals surface area contributed by atoms with Crippen LogP contribution in [0.15, 0.2) is 32.4 Å². The minimum absolute atomic E-state index is 0.0405. The normalized spacial score (nSPS) is 11.4. The Morgan fingerprint density at radius 3 is 2.62 bits per heavy atom. The minimum Gasteiger partial charge on any atom is -0.508 e. The van der Waals surface area contributed by atoms with E-state index in [1.165, 1.54) is 12.1 Å². The van der Waals surface area contributed by atoms with Gasteiger partial charge >= 0.3 is 0 Å². The second-order valence-corrected chi connectivity index (χ2v) is 6.54. The van der Waals surface area contributed by atoms with E-state index >= 15 is 0 Å². The number of nitrogens with one attached hydrogen (secondary N) is 1. The molecular weight excluding hydrogens is 380 g/mol. The molecule has 1 aromatic carbocycles. The number of carbonyl (C=O) groups is 1. The van der Waals surface area contributed by atoms with E-state index in [2.05, 4.69) is 20.8 Å². The molecule has 0 radical (unpaired) electrons. The molecule has 0 aliphatic rings. The quantitative estimate of drug-likeness (QED) is 0.279. The number of hydrogen-bond acceptors (Lipinski definition) is 9. The van der Waals surface area contributed by atoms with Gasteiger partial charge in [-0.2, -0.15) is 0 Å². The van der Waals surface area contributed by atoms with Crippen LogP contribution in [0.4, 0.5) is 0 Å². The van der Waals surface area contributed by atoms with Gasteiger partial charge in [-0.25, -0.2) is 0 Å². The van der Waals surface area contributed by atoms with Crippen molar-refractivity contribution in [3.05, 3.63) is 35.2 Å². The van der Waals surface area contributed by atoms with Gasteiger partial charge in [0.25, 0.3) is 5.91 Å². The van der Waals surface area contributed by atoms with Crippen LogP contribution >= 0.6 is 0 Å². The SMILES string of the molecule is CCNC(=O)c1noc(-c2cc(C(C)C)c(O)cc2O)c1-c1cc(/C=N\O)no1. The number of rotatable bonds is 6. The van der Waals surface area contributed by atoms with Crippen LogP contribution in [0, 0.1) is 0 Å². The predicted octanol–water partition coefficient (Wildman–Crippen LogP) is 3.09. The standard InChI is InChI=1S/C19H20N4O6/c1-4-20-19(26)17-16(15-5-10(8-21-27)22-28-15)18(29-23-17)12-6-11(9(2)3)13(24)7-14(12)25/h5-9,24-25,27H,4H2,1-3H3,(H,20,26)/b21-8-. The van der Waals surface area contributed by atoms with E-state index in [4.69, 9.17) is 14.3 Å². The van der Waals surface area contributed by atoms with Crippen LogP contribution in [-0.4, -0.2) is 44.4 Å². The third-order valence-corrected chi connectivity index (χ3v) is 4.22. The highest BCUT2D eigenvalue weighted by Gasteiger charge is 2.29. The molecule has 0 saturated carbocycles. The van der Waals surface area contributed by atoms with Gasteiger partial charge in [-0.15, -0.1) is 0 Å². The van der Waals surface area contributed by atoms with E-state index in [-0.39, 0.29) is 51.5 Å². The second-order valence-electron chi connectivity index (χ2n) is 6.54. The molecule has 29 heavy (non-hydrogen) atoms. The molecule has 0 aliphatic carbocycles. The third-order valence-electron chi connectivity index (χ3n) is 4.22. The molecule has 10 nitrogen and oxygen atoms in total. The summed E-state index contributed by atoms with van der Waals surface area (Å²) < 4.78 is 10.7. The van der Waals surface area contributed by atoms with Crippen molar-refractivity contribution in [2.45, 2.75) is 26.7 Å². The second kappa shape index (κ2) is 8.05. The number of phenolic OH excluding ortho intramolecular Hbond substituents is 2. The summed E-state index contributed by atoms with van der Waals surface area (Å²) in [5, 5.41) is 42.3. The van der Waals surface area contributed by atoms with E-state index < -0.39 is 5.91 Å². The Morgan fingerprint density at radius 1 is 1.21 bits per heavy atom. The van der Waals surface area contributed by atoms with Gasteiger partial charge in [-0.05, 0) is 24.5 Å². The molecule has 0 aliphatic heterocycles. The van der Waals surface area contributed by atoms with Gasteiger partial charge in [0.1, 0.15) is 22.8 Å². The van der Waals surface area contributed by atoms with Crippen molar-refractivity contribution in [3.8, 4) is 34.1 Å². The van der Waals surface area contributed by atoms with Crippen LogP contribution in [-0.2, 0) is 0 Å². The summed E-state index contributed by atoms with van der Waals surface area (Å²) in [5.74, 6) is -0.684. The summed E-state index contributed by atoms with van der Waals surface area (Å²) in [6.45, 7) is 5.88. The first-order chi connectivity index (χ1) is 13.9. The molecule has 3 rings (SSSR count). The summed E-state index contributed by atoms with van der Waals surface area (Å²) in [6.07, 6.45) is 1.06. The summed E-state index contributed by atoms with van der Waals surface area (Å²) in [4.78, 5) is 12.5. The van der Waals surface area contributed by atoms with Crippen molar-refractivity contribution in [1.82, 2.24) is 15.6 Å². The fourth-order valence-electron chi connectivity index (χ4n) is 2.87. The molecule has 0 unspecified atom stereocenters. The maximum absolute atomic E-state index is 12.5. The van der Waals surface area contributed by atoms with Gasteiger partial charge in [0, 0.05) is 18.7 Å². The van der Waals surface area contributed by atoms with Crippen LogP contribution in [0.3, 0.4) is 0 Å². The molecule has 0 atom stereocenters. The zero-order chi connectivity index (χ0) is 21.1. The highest BCUT2D eigenvalue weighted by molar-refractivity contribution is 6.02. The Balaban J connectivity index is 2.25. The highest BCUT2D eigenvalue weighted by atomic mass is 16.5. The van der Waals surface area contributed by atoms with Crippen molar-refractivity contribution in [2.75, 3.05) is 6.54 Å². The summed E-state index contributed by atoms with van der Waals surface area (Å²) >= 11 is 0. The Kier molecular flexibility index (Phi) is 5.53. The van der Waals surface area contributed by atoms with Gasteiger partial charge in [0.15, 0.2) is 17.2 Å². The number of nitrogens with zero attached hydrogens (tertiary/aromatic N) is 3. The molecule has 0 bridgehead atoms. The number of carbonyl (C=O) groups excluding carboxylic acids is 1. The minimum atomic E-state index is -0.506. The summed E-state index contributed by atoms with van der Waals surface area (Å²) in [7, 11) is 0. The van der Waals surface area contributed by atoms with Gasteiger partial charge in [-0.1, -0.05) is 29.3 Å². The lowest BCUT2D eigenvalue weighted by Crippen LogP contribution is -2.23. The van der Waals surface area contributed by atoms with Crippen molar-refractivity contribution in [2.24, 2.45) is 5.16 Å². The van der Waals surface area contributed by atoms with Gasteiger partial charge in [0.05, 0.1) is 11.8 Å². The molecule has 4 N–H and O–H groups in total. The molecule has 3 aromatic rings. The first-order valence-corrected chi connectivity index (χ1v) is 8.85. The fraction of sp³-hybridized carbons (Fsp3) is 0.263. The number of aromatic hydroxyl groups is 2. The Morgan fingerprint density at radius 2 is 1.97 bits per heavy atom. The van der Waals surface area contributed by atoms with Crippen LogP contribution in [0.25, 0.3) is 22.6 Å². The van der Waals surface area contributed by atoms with E-state index in [0.29, 0.717) is 12.1 Å². The van der Waals surface area contributed by atoms with Crippen LogP contribution in [0.1, 0.15) is 48.4 Å². The smallest absolute Gasteiger partial charge is 0.274 e. The average molecular weight is 400 g/mol. The number of amides is 1. The molecule has 2 aromatic heterocycles. The monoisotopic (exact) mass is 400 g/mol. The predicted molar refractivity (Wildman–Crippen MR) is 102 cm³/mol. The first kappa shape index (κ1) is 19.9. The number of aromatic nitrogens is 2. The molecule has 0 saturated heterocycles. The van der Waals surface area contributed by atoms with Crippen LogP contribution < -0.4 is 5.32 Å². The summed E-state index contributed by atoms with van der Waals surface area (Å²) in [6, 6.07) is 4.19. The Labute approximate surface area is 165 Å². The maximum Gasteiger partial charge on any atom is 0.274 e. The van der Waals surface area contributed by atoms with Crippen molar-refractivity contribution in [3.63, 3.8) is 0 Å². The molecule has 0 fully saturated rings. The van der Waals surface area contributed by atoms with Crippen LogP contribution in [0.2, 0.25) is 0 Å². The average Bonchev–Trinajstić information content (AvgIpc) is 3.28. The van der Waals surface area contributed by atoms with Gasteiger partial charge in [-0.3, -0.25) is 4.79 Å². The number of hydrogen-bond donors (Lipinski definition) is 4. The largest absolute Gasteiger partial charge is 0.508 e. The zero-order valence-electron chi connectivity index (χ0n) is 16.0. The van der Waals surface area contributed by atoms with Crippen molar-refractivity contribution < 1.29 is 29.3 Å².